The van der Waals surface area contributed by atoms with Gasteiger partial charge in [-0.3, -0.25) is 9.80 Å². The van der Waals surface area contributed by atoms with Crippen LogP contribution in [0.15, 0.2) is 30.5 Å². The Kier molecular flexibility index (Phi) is 5.65. The van der Waals surface area contributed by atoms with Crippen LogP contribution in [0.25, 0.3) is 11.1 Å². The fraction of sp³-hybridized carbons (Fsp3) is 0.500. The van der Waals surface area contributed by atoms with E-state index in [1.54, 1.807) is 12.3 Å². The van der Waals surface area contributed by atoms with Crippen molar-refractivity contribution in [1.82, 2.24) is 14.8 Å². The van der Waals surface area contributed by atoms with E-state index in [2.05, 4.69) is 33.0 Å². The lowest BCUT2D eigenvalue weighted by atomic mass is 9.99. The number of ether oxygens (including phenoxy) is 1. The standard InChI is InChI=1S/C24H30N4O3/c25-23-21(24(29)30)14-18(15-26-23)16-1-3-20-17(13-16)2-4-22(20)28-9-7-27(8-10-28)19-5-11-31-12-6-19/h1,3,13-15,19,22H,2,4-12H2,(H2,25,26)(H,29,30). The quantitative estimate of drug-likeness (QED) is 0.783. The van der Waals surface area contributed by atoms with Crippen LogP contribution in [-0.4, -0.2) is 71.3 Å². The van der Waals surface area contributed by atoms with E-state index in [0.717, 1.165) is 63.4 Å². The average molecular weight is 423 g/mol. The summed E-state index contributed by atoms with van der Waals surface area (Å²) < 4.78 is 5.52. The third-order valence-corrected chi connectivity index (χ3v) is 7.17. The van der Waals surface area contributed by atoms with Crippen molar-refractivity contribution in [3.05, 3.63) is 47.2 Å². The zero-order chi connectivity index (χ0) is 21.4. The zero-order valence-corrected chi connectivity index (χ0v) is 17.8. The molecule has 1 aromatic heterocycles. The van der Waals surface area contributed by atoms with Crippen LogP contribution in [0, 0.1) is 0 Å². The molecule has 31 heavy (non-hydrogen) atoms. The van der Waals surface area contributed by atoms with Crippen molar-refractivity contribution in [3.63, 3.8) is 0 Å². The van der Waals surface area contributed by atoms with E-state index in [1.165, 1.54) is 24.0 Å². The second-order valence-corrected chi connectivity index (χ2v) is 8.85. The van der Waals surface area contributed by atoms with E-state index in [4.69, 9.17) is 10.5 Å². The van der Waals surface area contributed by atoms with Crippen molar-refractivity contribution in [2.24, 2.45) is 0 Å². The van der Waals surface area contributed by atoms with Crippen LogP contribution < -0.4 is 5.73 Å². The number of nitrogen functional groups attached to an aromatic ring is 1. The van der Waals surface area contributed by atoms with Gasteiger partial charge in [-0.25, -0.2) is 9.78 Å². The molecule has 2 aliphatic heterocycles. The van der Waals surface area contributed by atoms with Gasteiger partial charge in [0, 0.05) is 63.2 Å². The highest BCUT2D eigenvalue weighted by atomic mass is 16.5. The van der Waals surface area contributed by atoms with Crippen LogP contribution in [0.2, 0.25) is 0 Å². The van der Waals surface area contributed by atoms with Gasteiger partial charge in [-0.2, -0.15) is 0 Å². The van der Waals surface area contributed by atoms with Crippen molar-refractivity contribution < 1.29 is 14.6 Å². The van der Waals surface area contributed by atoms with Crippen LogP contribution in [-0.2, 0) is 11.2 Å². The summed E-state index contributed by atoms with van der Waals surface area (Å²) in [7, 11) is 0. The number of nitrogens with zero attached hydrogens (tertiary/aromatic N) is 3. The van der Waals surface area contributed by atoms with E-state index >= 15 is 0 Å². The van der Waals surface area contributed by atoms with Gasteiger partial charge in [0.1, 0.15) is 11.4 Å². The zero-order valence-electron chi connectivity index (χ0n) is 17.8. The summed E-state index contributed by atoms with van der Waals surface area (Å²) in [6, 6.07) is 9.32. The van der Waals surface area contributed by atoms with E-state index < -0.39 is 5.97 Å². The number of piperazine rings is 1. The maximum Gasteiger partial charge on any atom is 0.339 e. The summed E-state index contributed by atoms with van der Waals surface area (Å²) in [5, 5.41) is 9.34. The first-order valence-corrected chi connectivity index (χ1v) is 11.3. The lowest BCUT2D eigenvalue weighted by Gasteiger charge is -2.42. The fourth-order valence-corrected chi connectivity index (χ4v) is 5.42. The first-order chi connectivity index (χ1) is 15.1. The predicted molar refractivity (Wildman–Crippen MR) is 119 cm³/mol. The molecule has 0 saturated carbocycles. The number of aromatic carboxylic acids is 1. The molecule has 2 aromatic rings. The Hall–Kier alpha value is -2.48. The lowest BCUT2D eigenvalue weighted by Crippen LogP contribution is -2.52. The maximum absolute atomic E-state index is 11.4. The van der Waals surface area contributed by atoms with Crippen LogP contribution in [0.1, 0.15) is 46.8 Å². The summed E-state index contributed by atoms with van der Waals surface area (Å²) in [6.45, 7) is 6.33. The van der Waals surface area contributed by atoms with Crippen LogP contribution in [0.4, 0.5) is 5.82 Å². The summed E-state index contributed by atoms with van der Waals surface area (Å²) in [6.07, 6.45) is 6.20. The molecule has 0 spiro atoms. The summed E-state index contributed by atoms with van der Waals surface area (Å²) in [5.41, 5.74) is 10.3. The number of carbonyl (C=O) groups is 1. The maximum atomic E-state index is 11.4. The predicted octanol–water partition coefficient (Wildman–Crippen LogP) is 2.81. The minimum Gasteiger partial charge on any atom is -0.478 e. The molecule has 0 bridgehead atoms. The van der Waals surface area contributed by atoms with Gasteiger partial charge in [-0.05, 0) is 48.4 Å². The van der Waals surface area contributed by atoms with Gasteiger partial charge in [0.2, 0.25) is 0 Å². The summed E-state index contributed by atoms with van der Waals surface area (Å²) in [5.74, 6) is -0.995. The Labute approximate surface area is 182 Å². The van der Waals surface area contributed by atoms with Crippen molar-refractivity contribution in [3.8, 4) is 11.1 Å². The SMILES string of the molecule is Nc1ncc(-c2ccc3c(c2)CCC3N2CCN(C3CCOCC3)CC2)cc1C(=O)O. The Morgan fingerprint density at radius 3 is 2.52 bits per heavy atom. The van der Waals surface area contributed by atoms with Gasteiger partial charge in [0.15, 0.2) is 0 Å². The number of anilines is 1. The second kappa shape index (κ2) is 8.57. The highest BCUT2D eigenvalue weighted by molar-refractivity contribution is 5.94. The molecule has 1 aliphatic carbocycles. The Balaban J connectivity index is 1.29. The molecule has 1 atom stereocenters. The number of hydrogen-bond donors (Lipinski definition) is 2. The van der Waals surface area contributed by atoms with Gasteiger partial charge in [-0.15, -0.1) is 0 Å². The summed E-state index contributed by atoms with van der Waals surface area (Å²) in [4.78, 5) is 20.8. The molecule has 7 nitrogen and oxygen atoms in total. The number of benzene rings is 1. The lowest BCUT2D eigenvalue weighted by molar-refractivity contribution is 0.00623. The molecule has 5 rings (SSSR count). The number of rotatable bonds is 4. The smallest absolute Gasteiger partial charge is 0.339 e. The molecular formula is C24H30N4O3. The largest absolute Gasteiger partial charge is 0.478 e. The van der Waals surface area contributed by atoms with Gasteiger partial charge in [-0.1, -0.05) is 18.2 Å². The van der Waals surface area contributed by atoms with E-state index in [-0.39, 0.29) is 11.4 Å². The van der Waals surface area contributed by atoms with E-state index in [0.29, 0.717) is 12.1 Å². The second-order valence-electron chi connectivity index (χ2n) is 8.85. The van der Waals surface area contributed by atoms with Crippen molar-refractivity contribution in [2.45, 2.75) is 37.8 Å². The molecule has 2 fully saturated rings. The van der Waals surface area contributed by atoms with Crippen molar-refractivity contribution >= 4 is 11.8 Å². The first-order valence-electron chi connectivity index (χ1n) is 11.3. The minimum absolute atomic E-state index is 0.0531. The summed E-state index contributed by atoms with van der Waals surface area (Å²) >= 11 is 0. The van der Waals surface area contributed by atoms with Crippen LogP contribution in [0.3, 0.4) is 0 Å². The van der Waals surface area contributed by atoms with Crippen LogP contribution in [0.5, 0.6) is 0 Å². The molecule has 3 heterocycles. The molecule has 3 N–H and O–H groups in total. The fourth-order valence-electron chi connectivity index (χ4n) is 5.42. The number of fused-ring (bicyclic) bond motifs is 1. The van der Waals surface area contributed by atoms with Crippen molar-refractivity contribution in [1.29, 1.82) is 0 Å². The number of carboxylic acid groups (broad SMARTS) is 1. The third-order valence-electron chi connectivity index (χ3n) is 7.17. The highest BCUT2D eigenvalue weighted by Crippen LogP contribution is 2.38. The number of aromatic nitrogens is 1. The molecule has 0 amide bonds. The molecule has 0 radical (unpaired) electrons. The number of pyridine rings is 1. The minimum atomic E-state index is -1.05. The average Bonchev–Trinajstić information content (AvgIpc) is 3.23. The van der Waals surface area contributed by atoms with Gasteiger partial charge in [0.05, 0.1) is 0 Å². The van der Waals surface area contributed by atoms with Gasteiger partial charge >= 0.3 is 5.97 Å². The number of carboxylic acids is 1. The van der Waals surface area contributed by atoms with E-state index in [9.17, 15) is 9.90 Å². The molecule has 1 unspecified atom stereocenters. The molecule has 2 saturated heterocycles. The molecular weight excluding hydrogens is 392 g/mol. The topological polar surface area (TPSA) is 91.9 Å². The van der Waals surface area contributed by atoms with Crippen molar-refractivity contribution in [2.75, 3.05) is 45.1 Å². The Morgan fingerprint density at radius 2 is 1.77 bits per heavy atom. The molecule has 164 valence electrons. The highest BCUT2D eigenvalue weighted by Gasteiger charge is 2.32. The number of nitrogens with two attached hydrogens (primary N) is 1. The molecule has 3 aliphatic rings. The Morgan fingerprint density at radius 1 is 1.03 bits per heavy atom. The first kappa shape index (κ1) is 20.4. The number of hydrogen-bond acceptors (Lipinski definition) is 6. The monoisotopic (exact) mass is 422 g/mol. The normalized spacial score (nSPS) is 23.0. The van der Waals surface area contributed by atoms with Crippen LogP contribution >= 0.6 is 0 Å². The molecule has 1 aromatic carbocycles. The Bertz CT molecular complexity index is 965. The van der Waals surface area contributed by atoms with Gasteiger partial charge < -0.3 is 15.6 Å². The third kappa shape index (κ3) is 4.05. The molecule has 7 heteroatoms. The number of aryl methyl sites for hydroxylation is 1. The van der Waals surface area contributed by atoms with Gasteiger partial charge in [0.25, 0.3) is 0 Å². The van der Waals surface area contributed by atoms with E-state index in [1.807, 2.05) is 0 Å².